The van der Waals surface area contributed by atoms with Gasteiger partial charge in [-0.05, 0) is 35.7 Å². The number of nitrogens with one attached hydrogen (secondary N) is 1. The number of hydrogen-bond donors (Lipinski definition) is 1. The lowest BCUT2D eigenvalue weighted by Gasteiger charge is -2.13. The third kappa shape index (κ3) is 3.05. The highest BCUT2D eigenvalue weighted by Gasteiger charge is 2.03. The second-order valence-corrected chi connectivity index (χ2v) is 4.28. The normalized spacial score (nSPS) is 12.1. The first kappa shape index (κ1) is 12.5. The van der Waals surface area contributed by atoms with Gasteiger partial charge in [0, 0.05) is 25.0 Å². The van der Waals surface area contributed by atoms with Gasteiger partial charge in [0.25, 0.3) is 0 Å². The molecule has 0 unspecified atom stereocenters. The Hall–Kier alpha value is -1.93. The zero-order chi connectivity index (χ0) is 12.8. The molecule has 92 valence electrons. The maximum absolute atomic E-state index is 4.03. The lowest BCUT2D eigenvalue weighted by atomic mass is 10.0. The number of pyridine rings is 1. The van der Waals surface area contributed by atoms with E-state index in [2.05, 4.69) is 48.1 Å². The fraction of sp³-hybridized carbons (Fsp3) is 0.188. The van der Waals surface area contributed by atoms with Crippen LogP contribution in [0.1, 0.15) is 18.5 Å². The Morgan fingerprint density at radius 2 is 1.72 bits per heavy atom. The van der Waals surface area contributed by atoms with E-state index >= 15 is 0 Å². The second-order valence-electron chi connectivity index (χ2n) is 4.28. The van der Waals surface area contributed by atoms with Crippen LogP contribution in [0.2, 0.25) is 0 Å². The highest BCUT2D eigenvalue weighted by molar-refractivity contribution is 5.62. The Kier molecular flexibility index (Phi) is 4.26. The molecule has 0 aliphatic carbocycles. The molecular formula is C16H18N2. The molecule has 2 rings (SSSR count). The van der Waals surface area contributed by atoms with Crippen LogP contribution in [-0.2, 0) is 0 Å². The molecule has 0 amide bonds. The van der Waals surface area contributed by atoms with Crippen LogP contribution < -0.4 is 5.32 Å². The van der Waals surface area contributed by atoms with Crippen LogP contribution >= 0.6 is 0 Å². The fourth-order valence-electron chi connectivity index (χ4n) is 1.89. The molecule has 0 saturated heterocycles. The van der Waals surface area contributed by atoms with Gasteiger partial charge in [-0.1, -0.05) is 30.3 Å². The molecule has 1 atom stereocenters. The van der Waals surface area contributed by atoms with Crippen molar-refractivity contribution in [2.24, 2.45) is 0 Å². The van der Waals surface area contributed by atoms with Gasteiger partial charge in [0.1, 0.15) is 0 Å². The van der Waals surface area contributed by atoms with Gasteiger partial charge in [-0.15, -0.1) is 6.58 Å². The quantitative estimate of drug-likeness (QED) is 0.805. The third-order valence-electron chi connectivity index (χ3n) is 2.99. The molecular weight excluding hydrogens is 220 g/mol. The molecule has 2 nitrogen and oxygen atoms in total. The van der Waals surface area contributed by atoms with Crippen molar-refractivity contribution >= 4 is 0 Å². The summed E-state index contributed by atoms with van der Waals surface area (Å²) in [5, 5.41) is 3.38. The van der Waals surface area contributed by atoms with Gasteiger partial charge < -0.3 is 5.32 Å². The summed E-state index contributed by atoms with van der Waals surface area (Å²) in [4.78, 5) is 4.03. The number of hydrogen-bond acceptors (Lipinski definition) is 2. The molecule has 0 fully saturated rings. The standard InChI is InChI=1S/C16H18N2/c1-3-10-18-13(2)14-4-6-15(7-5-14)16-8-11-17-12-9-16/h3-9,11-13,18H,1,10H2,2H3/t13-/m0/s1. The van der Waals surface area contributed by atoms with E-state index in [0.29, 0.717) is 6.04 Å². The minimum atomic E-state index is 0.342. The molecule has 0 saturated carbocycles. The van der Waals surface area contributed by atoms with Crippen molar-refractivity contribution in [2.75, 3.05) is 6.54 Å². The molecule has 1 heterocycles. The Bertz CT molecular complexity index is 488. The molecule has 0 radical (unpaired) electrons. The van der Waals surface area contributed by atoms with Crippen LogP contribution in [0.3, 0.4) is 0 Å². The minimum Gasteiger partial charge on any atom is -0.307 e. The second kappa shape index (κ2) is 6.12. The van der Waals surface area contributed by atoms with E-state index in [9.17, 15) is 0 Å². The average Bonchev–Trinajstić information content (AvgIpc) is 2.46. The molecule has 0 aliphatic heterocycles. The summed E-state index contributed by atoms with van der Waals surface area (Å²) in [6.07, 6.45) is 5.51. The summed E-state index contributed by atoms with van der Waals surface area (Å²) in [5.41, 5.74) is 3.70. The molecule has 2 aromatic rings. The summed E-state index contributed by atoms with van der Waals surface area (Å²) < 4.78 is 0. The largest absolute Gasteiger partial charge is 0.307 e. The first-order valence-corrected chi connectivity index (χ1v) is 6.16. The summed E-state index contributed by atoms with van der Waals surface area (Å²) in [5.74, 6) is 0. The predicted octanol–water partition coefficient (Wildman–Crippen LogP) is 3.59. The zero-order valence-electron chi connectivity index (χ0n) is 10.6. The van der Waals surface area contributed by atoms with Gasteiger partial charge >= 0.3 is 0 Å². The Morgan fingerprint density at radius 3 is 2.33 bits per heavy atom. The Labute approximate surface area is 108 Å². The van der Waals surface area contributed by atoms with Gasteiger partial charge in [-0.3, -0.25) is 4.98 Å². The van der Waals surface area contributed by atoms with Crippen LogP contribution in [0.15, 0.2) is 61.4 Å². The molecule has 2 heteroatoms. The van der Waals surface area contributed by atoms with Crippen molar-refractivity contribution in [3.63, 3.8) is 0 Å². The molecule has 1 aromatic heterocycles. The van der Waals surface area contributed by atoms with Crippen molar-refractivity contribution in [3.05, 3.63) is 67.0 Å². The lowest BCUT2D eigenvalue weighted by Crippen LogP contribution is -2.18. The monoisotopic (exact) mass is 238 g/mol. The molecule has 18 heavy (non-hydrogen) atoms. The highest BCUT2D eigenvalue weighted by Crippen LogP contribution is 2.21. The van der Waals surface area contributed by atoms with Gasteiger partial charge in [0.05, 0.1) is 0 Å². The van der Waals surface area contributed by atoms with Crippen LogP contribution in [0, 0.1) is 0 Å². The number of aromatic nitrogens is 1. The van der Waals surface area contributed by atoms with Gasteiger partial charge in [-0.2, -0.15) is 0 Å². The van der Waals surface area contributed by atoms with E-state index in [1.54, 1.807) is 0 Å². The minimum absolute atomic E-state index is 0.342. The van der Waals surface area contributed by atoms with Crippen molar-refractivity contribution in [1.82, 2.24) is 10.3 Å². The van der Waals surface area contributed by atoms with Gasteiger partial charge in [0.2, 0.25) is 0 Å². The van der Waals surface area contributed by atoms with Crippen molar-refractivity contribution < 1.29 is 0 Å². The Morgan fingerprint density at radius 1 is 1.11 bits per heavy atom. The van der Waals surface area contributed by atoms with Crippen LogP contribution in [0.4, 0.5) is 0 Å². The SMILES string of the molecule is C=CCN[C@@H](C)c1ccc(-c2ccncc2)cc1. The first-order chi connectivity index (χ1) is 8.81. The number of rotatable bonds is 5. The summed E-state index contributed by atoms with van der Waals surface area (Å²) in [7, 11) is 0. The van der Waals surface area contributed by atoms with E-state index in [1.165, 1.54) is 16.7 Å². The summed E-state index contributed by atoms with van der Waals surface area (Å²) >= 11 is 0. The van der Waals surface area contributed by atoms with E-state index < -0.39 is 0 Å². The van der Waals surface area contributed by atoms with Gasteiger partial charge in [0.15, 0.2) is 0 Å². The Balaban J connectivity index is 2.13. The van der Waals surface area contributed by atoms with Crippen LogP contribution in [0.25, 0.3) is 11.1 Å². The summed E-state index contributed by atoms with van der Waals surface area (Å²) in [6, 6.07) is 13.0. The molecule has 0 spiro atoms. The maximum Gasteiger partial charge on any atom is 0.0294 e. The van der Waals surface area contributed by atoms with Gasteiger partial charge in [-0.25, -0.2) is 0 Å². The smallest absolute Gasteiger partial charge is 0.0294 e. The van der Waals surface area contributed by atoms with Crippen molar-refractivity contribution in [3.8, 4) is 11.1 Å². The lowest BCUT2D eigenvalue weighted by molar-refractivity contribution is 0.618. The molecule has 1 aromatic carbocycles. The fourth-order valence-corrected chi connectivity index (χ4v) is 1.89. The van der Waals surface area contributed by atoms with Crippen molar-refractivity contribution in [2.45, 2.75) is 13.0 Å². The van der Waals surface area contributed by atoms with Crippen LogP contribution in [0.5, 0.6) is 0 Å². The van der Waals surface area contributed by atoms with Crippen LogP contribution in [-0.4, -0.2) is 11.5 Å². The van der Waals surface area contributed by atoms with E-state index in [-0.39, 0.29) is 0 Å². The highest BCUT2D eigenvalue weighted by atomic mass is 14.9. The maximum atomic E-state index is 4.03. The van der Waals surface area contributed by atoms with E-state index in [1.807, 2.05) is 30.6 Å². The molecule has 1 N–H and O–H groups in total. The average molecular weight is 238 g/mol. The summed E-state index contributed by atoms with van der Waals surface area (Å²) in [6.45, 7) is 6.70. The van der Waals surface area contributed by atoms with Crippen molar-refractivity contribution in [1.29, 1.82) is 0 Å². The molecule has 0 bridgehead atoms. The van der Waals surface area contributed by atoms with E-state index in [0.717, 1.165) is 6.54 Å². The third-order valence-corrected chi connectivity index (χ3v) is 2.99. The molecule has 0 aliphatic rings. The first-order valence-electron chi connectivity index (χ1n) is 6.16. The number of benzene rings is 1. The predicted molar refractivity (Wildman–Crippen MR) is 76.3 cm³/mol. The van der Waals surface area contributed by atoms with E-state index in [4.69, 9.17) is 0 Å². The zero-order valence-corrected chi connectivity index (χ0v) is 10.6. The topological polar surface area (TPSA) is 24.9 Å². The number of nitrogens with zero attached hydrogens (tertiary/aromatic N) is 1.